The van der Waals surface area contributed by atoms with Crippen molar-refractivity contribution in [2.45, 2.75) is 31.2 Å². The predicted molar refractivity (Wildman–Crippen MR) is 70.0 cm³/mol. The minimum Gasteiger partial charge on any atom is -0.394 e. The molecule has 1 aromatic rings. The Balaban J connectivity index is 2.38. The maximum Gasteiger partial charge on any atom is 0.294 e. The normalized spacial score (nSPS) is 17.4. The lowest BCUT2D eigenvalue weighted by Gasteiger charge is -2.29. The van der Waals surface area contributed by atoms with Crippen molar-refractivity contribution in [2.75, 3.05) is 11.9 Å². The van der Waals surface area contributed by atoms with Gasteiger partial charge in [0.05, 0.1) is 22.1 Å². The smallest absolute Gasteiger partial charge is 0.294 e. The van der Waals surface area contributed by atoms with Crippen LogP contribution >= 0.6 is 11.6 Å². The predicted octanol–water partition coefficient (Wildman–Crippen LogP) is 3.10. The van der Waals surface area contributed by atoms with E-state index in [4.69, 9.17) is 11.6 Å². The zero-order chi connectivity index (χ0) is 14.0. The Morgan fingerprint density at radius 2 is 2.11 bits per heavy atom. The number of benzene rings is 1. The van der Waals surface area contributed by atoms with Gasteiger partial charge in [-0.15, -0.1) is 0 Å². The highest BCUT2D eigenvalue weighted by atomic mass is 35.5. The fourth-order valence-corrected chi connectivity index (χ4v) is 2.61. The Labute approximate surface area is 114 Å². The molecule has 1 aliphatic rings. The third-order valence-electron chi connectivity index (χ3n) is 3.50. The van der Waals surface area contributed by atoms with Gasteiger partial charge in [-0.3, -0.25) is 10.1 Å². The molecule has 1 aliphatic carbocycles. The Morgan fingerprint density at radius 3 is 2.63 bits per heavy atom. The molecular weight excluding hydrogens is 275 g/mol. The quantitative estimate of drug-likeness (QED) is 0.659. The topological polar surface area (TPSA) is 75.4 Å². The maximum atomic E-state index is 13.5. The highest BCUT2D eigenvalue weighted by Crippen LogP contribution is 2.37. The second kappa shape index (κ2) is 5.30. The summed E-state index contributed by atoms with van der Waals surface area (Å²) in [6, 6.07) is 2.00. The summed E-state index contributed by atoms with van der Waals surface area (Å²) in [6.07, 6.45) is 3.25. The number of aliphatic hydroxyl groups excluding tert-OH is 1. The number of hydrogen-bond donors (Lipinski definition) is 2. The third kappa shape index (κ3) is 2.79. The third-order valence-corrected chi connectivity index (χ3v) is 3.79. The maximum absolute atomic E-state index is 13.5. The van der Waals surface area contributed by atoms with E-state index in [1.807, 2.05) is 0 Å². The number of anilines is 1. The number of hydrogen-bond acceptors (Lipinski definition) is 4. The molecule has 0 atom stereocenters. The van der Waals surface area contributed by atoms with Crippen LogP contribution in [0.2, 0.25) is 5.02 Å². The standard InChI is InChI=1S/C12H14ClFN2O3/c13-8-5-11(16(18)19)10(6-9(8)14)15-12(7-17)3-1-2-4-12/h5-6,15,17H,1-4,7H2. The van der Waals surface area contributed by atoms with Gasteiger partial charge in [0, 0.05) is 12.1 Å². The zero-order valence-electron chi connectivity index (χ0n) is 10.2. The highest BCUT2D eigenvalue weighted by Gasteiger charge is 2.35. The van der Waals surface area contributed by atoms with Crippen LogP contribution in [0.5, 0.6) is 0 Å². The molecule has 104 valence electrons. The summed E-state index contributed by atoms with van der Waals surface area (Å²) in [7, 11) is 0. The molecule has 19 heavy (non-hydrogen) atoms. The first-order valence-electron chi connectivity index (χ1n) is 6.00. The summed E-state index contributed by atoms with van der Waals surface area (Å²) < 4.78 is 13.5. The van der Waals surface area contributed by atoms with Gasteiger partial charge in [-0.2, -0.15) is 0 Å². The second-order valence-corrected chi connectivity index (χ2v) is 5.22. The Bertz CT molecular complexity index is 504. The van der Waals surface area contributed by atoms with Crippen molar-refractivity contribution >= 4 is 23.0 Å². The van der Waals surface area contributed by atoms with Gasteiger partial charge in [0.1, 0.15) is 11.5 Å². The van der Waals surface area contributed by atoms with Crippen molar-refractivity contribution in [3.63, 3.8) is 0 Å². The number of halogens is 2. The fourth-order valence-electron chi connectivity index (χ4n) is 2.45. The SMILES string of the molecule is O=[N+]([O-])c1cc(Cl)c(F)cc1NC1(CO)CCCC1. The zero-order valence-corrected chi connectivity index (χ0v) is 10.9. The van der Waals surface area contributed by atoms with E-state index >= 15 is 0 Å². The lowest BCUT2D eigenvalue weighted by molar-refractivity contribution is -0.384. The molecule has 0 radical (unpaired) electrons. The number of nitro benzene ring substituents is 1. The first-order chi connectivity index (χ1) is 8.97. The lowest BCUT2D eigenvalue weighted by Crippen LogP contribution is -2.39. The van der Waals surface area contributed by atoms with Crippen LogP contribution in [-0.2, 0) is 0 Å². The lowest BCUT2D eigenvalue weighted by atomic mass is 9.98. The second-order valence-electron chi connectivity index (χ2n) is 4.81. The van der Waals surface area contributed by atoms with Crippen LogP contribution in [0.4, 0.5) is 15.8 Å². The van der Waals surface area contributed by atoms with Crippen LogP contribution in [0, 0.1) is 15.9 Å². The van der Waals surface area contributed by atoms with Crippen LogP contribution in [0.1, 0.15) is 25.7 Å². The van der Waals surface area contributed by atoms with Crippen molar-refractivity contribution < 1.29 is 14.4 Å². The van der Waals surface area contributed by atoms with Gasteiger partial charge in [-0.1, -0.05) is 24.4 Å². The van der Waals surface area contributed by atoms with Crippen molar-refractivity contribution in [3.05, 3.63) is 33.1 Å². The van der Waals surface area contributed by atoms with Crippen molar-refractivity contribution in [1.29, 1.82) is 0 Å². The molecule has 1 fully saturated rings. The Kier molecular flexibility index (Phi) is 3.91. The van der Waals surface area contributed by atoms with E-state index < -0.39 is 16.3 Å². The number of nitrogens with one attached hydrogen (secondary N) is 1. The van der Waals surface area contributed by atoms with Crippen LogP contribution in [0.15, 0.2) is 12.1 Å². The molecule has 0 amide bonds. The molecule has 1 saturated carbocycles. The number of aliphatic hydroxyl groups is 1. The monoisotopic (exact) mass is 288 g/mol. The van der Waals surface area contributed by atoms with E-state index in [1.165, 1.54) is 0 Å². The average Bonchev–Trinajstić information content (AvgIpc) is 2.82. The molecule has 1 aromatic carbocycles. The molecule has 0 saturated heterocycles. The molecular formula is C12H14ClFN2O3. The summed E-state index contributed by atoms with van der Waals surface area (Å²) in [4.78, 5) is 10.4. The van der Waals surface area contributed by atoms with Crippen molar-refractivity contribution in [1.82, 2.24) is 0 Å². The molecule has 0 aromatic heterocycles. The molecule has 2 N–H and O–H groups in total. The Morgan fingerprint density at radius 1 is 1.47 bits per heavy atom. The molecule has 0 bridgehead atoms. The van der Waals surface area contributed by atoms with E-state index in [0.717, 1.165) is 25.0 Å². The summed E-state index contributed by atoms with van der Waals surface area (Å²) in [5.74, 6) is -0.721. The van der Waals surface area contributed by atoms with Crippen LogP contribution in [-0.4, -0.2) is 22.2 Å². The van der Waals surface area contributed by atoms with E-state index in [0.29, 0.717) is 12.8 Å². The first kappa shape index (κ1) is 14.0. The summed E-state index contributed by atoms with van der Waals surface area (Å²) in [5, 5.41) is 23.1. The van der Waals surface area contributed by atoms with Gasteiger partial charge in [-0.25, -0.2) is 4.39 Å². The van der Waals surface area contributed by atoms with Crippen LogP contribution in [0.3, 0.4) is 0 Å². The molecule has 0 aliphatic heterocycles. The average molecular weight is 289 g/mol. The fraction of sp³-hybridized carbons (Fsp3) is 0.500. The van der Waals surface area contributed by atoms with E-state index in [1.54, 1.807) is 0 Å². The van der Waals surface area contributed by atoms with Crippen LogP contribution < -0.4 is 5.32 Å². The van der Waals surface area contributed by atoms with Crippen molar-refractivity contribution in [3.8, 4) is 0 Å². The molecule has 0 heterocycles. The number of rotatable bonds is 4. The number of nitro groups is 1. The molecule has 2 rings (SSSR count). The highest BCUT2D eigenvalue weighted by molar-refractivity contribution is 6.31. The first-order valence-corrected chi connectivity index (χ1v) is 6.38. The summed E-state index contributed by atoms with van der Waals surface area (Å²) >= 11 is 5.56. The minimum atomic E-state index is -0.721. The van der Waals surface area contributed by atoms with Gasteiger partial charge in [-0.05, 0) is 12.8 Å². The molecule has 0 spiro atoms. The number of nitrogens with zero attached hydrogens (tertiary/aromatic N) is 1. The molecule has 0 unspecified atom stereocenters. The van der Waals surface area contributed by atoms with Crippen LogP contribution in [0.25, 0.3) is 0 Å². The Hall–Kier alpha value is -1.40. The largest absolute Gasteiger partial charge is 0.394 e. The van der Waals surface area contributed by atoms with Gasteiger partial charge < -0.3 is 10.4 Å². The van der Waals surface area contributed by atoms with Crippen molar-refractivity contribution in [2.24, 2.45) is 0 Å². The molecule has 5 nitrogen and oxygen atoms in total. The summed E-state index contributed by atoms with van der Waals surface area (Å²) in [6.45, 7) is -0.144. The van der Waals surface area contributed by atoms with Gasteiger partial charge >= 0.3 is 0 Å². The van der Waals surface area contributed by atoms with E-state index in [-0.39, 0.29) is 23.0 Å². The van der Waals surface area contributed by atoms with Gasteiger partial charge in [0.25, 0.3) is 5.69 Å². The molecule has 7 heteroatoms. The van der Waals surface area contributed by atoms with Gasteiger partial charge in [0.15, 0.2) is 0 Å². The minimum absolute atomic E-state index is 0.0582. The summed E-state index contributed by atoms with van der Waals surface area (Å²) in [5.41, 5.74) is -0.834. The van der Waals surface area contributed by atoms with Gasteiger partial charge in [0.2, 0.25) is 0 Å². The van der Waals surface area contributed by atoms with E-state index in [2.05, 4.69) is 5.32 Å². The van der Waals surface area contributed by atoms with E-state index in [9.17, 15) is 19.6 Å².